The number of fused-ring (bicyclic) bond motifs is 7. The Labute approximate surface area is 239 Å². The van der Waals surface area contributed by atoms with Crippen molar-refractivity contribution in [1.29, 1.82) is 5.26 Å². The molecule has 0 aliphatic heterocycles. The van der Waals surface area contributed by atoms with Crippen LogP contribution in [0.4, 0.5) is 0 Å². The van der Waals surface area contributed by atoms with E-state index < -0.39 is 10.8 Å². The molecule has 218 valence electrons. The maximum absolute atomic E-state index is 14.5. The van der Waals surface area contributed by atoms with Gasteiger partial charge in [0.2, 0.25) is 11.8 Å². The molecule has 5 rings (SSSR count). The summed E-state index contributed by atoms with van der Waals surface area (Å²) in [6, 6.07) is 2.19. The Bertz CT molecular complexity index is 1240. The Hall–Kier alpha value is -2.49. The average Bonchev–Trinajstić information content (AvgIpc) is 2.85. The van der Waals surface area contributed by atoms with Crippen LogP contribution in [0.25, 0.3) is 0 Å². The first-order valence-electron chi connectivity index (χ1n) is 15.2. The number of nitriles is 1. The van der Waals surface area contributed by atoms with Gasteiger partial charge in [0.15, 0.2) is 5.78 Å². The minimum absolute atomic E-state index is 0.0511. The molecule has 0 bridgehead atoms. The molecule has 4 fully saturated rings. The zero-order chi connectivity index (χ0) is 29.6. The second-order valence-corrected chi connectivity index (χ2v) is 15.9. The normalized spacial score (nSPS) is 44.9. The lowest BCUT2D eigenvalue weighted by Gasteiger charge is -2.71. The average molecular weight is 550 g/mol. The summed E-state index contributed by atoms with van der Waals surface area (Å²) in [5.41, 5.74) is 3.84. The summed E-state index contributed by atoms with van der Waals surface area (Å²) >= 11 is 0. The van der Waals surface area contributed by atoms with Crippen LogP contribution in [0.3, 0.4) is 0 Å². The van der Waals surface area contributed by atoms with Gasteiger partial charge in [0, 0.05) is 30.6 Å². The van der Waals surface area contributed by atoms with E-state index in [1.54, 1.807) is 0 Å². The van der Waals surface area contributed by atoms with Crippen molar-refractivity contribution in [3.05, 3.63) is 11.6 Å². The maximum Gasteiger partial charge on any atom is 0.241 e. The van der Waals surface area contributed by atoms with E-state index in [9.17, 15) is 24.4 Å². The highest BCUT2D eigenvalue weighted by Crippen LogP contribution is 2.74. The summed E-state index contributed by atoms with van der Waals surface area (Å²) in [4.78, 5) is 52.5. The van der Waals surface area contributed by atoms with Gasteiger partial charge in [-0.25, -0.2) is 0 Å². The molecule has 0 spiro atoms. The van der Waals surface area contributed by atoms with Gasteiger partial charge in [-0.2, -0.15) is 5.26 Å². The van der Waals surface area contributed by atoms with Crippen LogP contribution in [0.1, 0.15) is 100 Å². The number of carbonyl (C=O) groups is 4. The van der Waals surface area contributed by atoms with Gasteiger partial charge in [0.25, 0.3) is 0 Å². The maximum atomic E-state index is 14.5. The molecule has 2 N–H and O–H groups in total. The third kappa shape index (κ3) is 3.87. The molecule has 0 aromatic heterocycles. The van der Waals surface area contributed by atoms with Gasteiger partial charge in [-0.3, -0.25) is 30.0 Å². The molecule has 0 aromatic rings. The number of allylic oxidation sites excluding steroid dienone is 2. The minimum Gasteiger partial charge on any atom is -0.299 e. The number of hydrazine groups is 1. The Morgan fingerprint density at radius 1 is 0.900 bits per heavy atom. The molecule has 7 nitrogen and oxygen atoms in total. The standard InChI is InChI=1S/C33H47N3O4/c1-18(37)35-36-28(40)22-16-29(2,3)15-21-20(22)9-11-33(8)26(21)23(38)13-25-31(6)14-19(17-34)27(39)30(4,5)24(31)10-12-32(25,33)7/h14,20-22,24-26H,9-13,15-16H2,1-8H3,(H,35,37)(H,36,40)/t20-,21-,22?,24-,25+,26-,31-,32+,33+/m0/s1. The lowest BCUT2D eigenvalue weighted by molar-refractivity contribution is -0.214. The molecule has 0 saturated heterocycles. The van der Waals surface area contributed by atoms with E-state index in [0.29, 0.717) is 12.2 Å². The molecule has 0 radical (unpaired) electrons. The third-order valence-corrected chi connectivity index (χ3v) is 13.0. The highest BCUT2D eigenvalue weighted by atomic mass is 16.2. The fraction of sp³-hybridized carbons (Fsp3) is 0.788. The van der Waals surface area contributed by atoms with E-state index in [1.165, 1.54) is 6.92 Å². The SMILES string of the molecule is CC(=O)NNC(=O)C1CC(C)(C)C[C@H]2[C@@H]1CC[C@]1(C)[C@@H]2C(=O)C[C@@H]2[C@@]3(C)C=C(C#N)C(=O)C(C)(C)[C@@H]3CC[C@]21C. The minimum atomic E-state index is -0.643. The van der Waals surface area contributed by atoms with Crippen LogP contribution in [0.2, 0.25) is 0 Å². The van der Waals surface area contributed by atoms with E-state index in [-0.39, 0.29) is 74.9 Å². The van der Waals surface area contributed by atoms with Crippen LogP contribution >= 0.6 is 0 Å². The van der Waals surface area contributed by atoms with Crippen LogP contribution in [0.5, 0.6) is 0 Å². The zero-order valence-electron chi connectivity index (χ0n) is 25.6. The molecule has 9 atom stereocenters. The van der Waals surface area contributed by atoms with E-state index in [0.717, 1.165) is 38.5 Å². The molecular weight excluding hydrogens is 502 g/mol. The molecule has 1 unspecified atom stereocenters. The first kappa shape index (κ1) is 29.0. The van der Waals surface area contributed by atoms with Gasteiger partial charge in [-0.1, -0.05) is 54.5 Å². The van der Waals surface area contributed by atoms with Crippen LogP contribution in [-0.4, -0.2) is 23.4 Å². The van der Waals surface area contributed by atoms with E-state index in [1.807, 2.05) is 19.9 Å². The van der Waals surface area contributed by atoms with Gasteiger partial charge < -0.3 is 0 Å². The molecule has 40 heavy (non-hydrogen) atoms. The number of rotatable bonds is 1. The van der Waals surface area contributed by atoms with Gasteiger partial charge in [0.1, 0.15) is 11.9 Å². The van der Waals surface area contributed by atoms with Crippen molar-refractivity contribution in [2.24, 2.45) is 62.6 Å². The van der Waals surface area contributed by atoms with E-state index >= 15 is 0 Å². The second-order valence-electron chi connectivity index (χ2n) is 15.9. The fourth-order valence-corrected chi connectivity index (χ4v) is 11.2. The van der Waals surface area contributed by atoms with Crippen molar-refractivity contribution >= 4 is 23.4 Å². The molecule has 0 aromatic carbocycles. The lowest BCUT2D eigenvalue weighted by atomic mass is 9.32. The highest BCUT2D eigenvalue weighted by Gasteiger charge is 2.71. The second kappa shape index (κ2) is 9.00. The van der Waals surface area contributed by atoms with E-state index in [2.05, 4.69) is 51.5 Å². The summed E-state index contributed by atoms with van der Waals surface area (Å²) in [6.45, 7) is 16.7. The van der Waals surface area contributed by atoms with Crippen molar-refractivity contribution in [1.82, 2.24) is 10.9 Å². The first-order chi connectivity index (χ1) is 18.4. The van der Waals surface area contributed by atoms with Crippen molar-refractivity contribution in [2.75, 3.05) is 0 Å². The number of hydrogen-bond acceptors (Lipinski definition) is 5. The largest absolute Gasteiger partial charge is 0.299 e. The molecule has 4 saturated carbocycles. The van der Waals surface area contributed by atoms with Gasteiger partial charge in [0.05, 0.1) is 5.57 Å². The summed E-state index contributed by atoms with van der Waals surface area (Å²) < 4.78 is 0. The smallest absolute Gasteiger partial charge is 0.241 e. The summed E-state index contributed by atoms with van der Waals surface area (Å²) in [5.74, 6) is -0.245. The number of carbonyl (C=O) groups excluding carboxylic acids is 4. The monoisotopic (exact) mass is 549 g/mol. The number of Topliss-reactive ketones (excluding diaryl/α,β-unsaturated/α-hetero) is 2. The van der Waals surface area contributed by atoms with Gasteiger partial charge >= 0.3 is 0 Å². The fourth-order valence-electron chi connectivity index (χ4n) is 11.2. The van der Waals surface area contributed by atoms with Crippen LogP contribution < -0.4 is 10.9 Å². The van der Waals surface area contributed by atoms with Crippen LogP contribution in [0, 0.1) is 73.9 Å². The van der Waals surface area contributed by atoms with Crippen molar-refractivity contribution in [3.8, 4) is 6.07 Å². The number of hydrogen-bond donors (Lipinski definition) is 2. The van der Waals surface area contributed by atoms with E-state index in [4.69, 9.17) is 0 Å². The van der Waals surface area contributed by atoms with Crippen molar-refractivity contribution < 1.29 is 19.2 Å². The molecular formula is C33H47N3O4. The summed E-state index contributed by atoms with van der Waals surface area (Å²) in [5, 5.41) is 9.90. The molecule has 5 aliphatic carbocycles. The predicted molar refractivity (Wildman–Crippen MR) is 151 cm³/mol. The predicted octanol–water partition coefficient (Wildman–Crippen LogP) is 5.31. The van der Waals surface area contributed by atoms with Gasteiger partial charge in [-0.15, -0.1) is 0 Å². The molecule has 7 heteroatoms. The first-order valence-corrected chi connectivity index (χ1v) is 15.2. The van der Waals surface area contributed by atoms with Crippen LogP contribution in [-0.2, 0) is 19.2 Å². The topological polar surface area (TPSA) is 116 Å². The zero-order valence-corrected chi connectivity index (χ0v) is 25.6. The molecule has 0 heterocycles. The third-order valence-electron chi connectivity index (χ3n) is 13.0. The summed E-state index contributed by atoms with van der Waals surface area (Å²) in [7, 11) is 0. The highest BCUT2D eigenvalue weighted by molar-refractivity contribution is 6.04. The van der Waals surface area contributed by atoms with Crippen molar-refractivity contribution in [2.45, 2.75) is 100 Å². The van der Waals surface area contributed by atoms with Crippen LogP contribution in [0.15, 0.2) is 11.6 Å². The Kier molecular flexibility index (Phi) is 6.53. The number of amides is 2. The Morgan fingerprint density at radius 3 is 2.17 bits per heavy atom. The Balaban J connectivity index is 1.55. The number of nitrogens with one attached hydrogen (secondary N) is 2. The van der Waals surface area contributed by atoms with Crippen molar-refractivity contribution in [3.63, 3.8) is 0 Å². The lowest BCUT2D eigenvalue weighted by Crippen LogP contribution is -2.68. The summed E-state index contributed by atoms with van der Waals surface area (Å²) in [6.07, 6.45) is 7.66. The Morgan fingerprint density at radius 2 is 1.55 bits per heavy atom. The quantitative estimate of drug-likeness (QED) is 0.430. The molecule has 5 aliphatic rings. The molecule has 2 amide bonds. The number of ketones is 2. The van der Waals surface area contributed by atoms with Gasteiger partial charge in [-0.05, 0) is 83.9 Å². The number of nitrogens with zero attached hydrogens (tertiary/aromatic N) is 1.